The predicted molar refractivity (Wildman–Crippen MR) is 73.5 cm³/mol. The van der Waals surface area contributed by atoms with Gasteiger partial charge in [-0.3, -0.25) is 9.59 Å². The smallest absolute Gasteiger partial charge is 0.250 e. The number of carbonyl (C=O) groups excluding carboxylic acids is 1. The molecular weight excluding hydrogens is 278 g/mol. The molecule has 0 aliphatic carbocycles. The highest BCUT2D eigenvalue weighted by Crippen LogP contribution is 2.11. The van der Waals surface area contributed by atoms with Gasteiger partial charge in [-0.05, 0) is 12.1 Å². The fourth-order valence-corrected chi connectivity index (χ4v) is 1.85. The molecule has 0 N–H and O–H groups in total. The van der Waals surface area contributed by atoms with Gasteiger partial charge in [0.2, 0.25) is 5.91 Å². The monoisotopic (exact) mass is 292 g/mol. The second kappa shape index (κ2) is 6.30. The van der Waals surface area contributed by atoms with Crippen molar-refractivity contribution in [3.8, 4) is 0 Å². The molecule has 0 saturated carbocycles. The van der Waals surface area contributed by atoms with E-state index in [9.17, 15) is 18.4 Å². The van der Waals surface area contributed by atoms with Gasteiger partial charge in [-0.2, -0.15) is 0 Å². The van der Waals surface area contributed by atoms with Gasteiger partial charge in [-0.15, -0.1) is 0 Å². The van der Waals surface area contributed by atoms with Crippen molar-refractivity contribution in [2.24, 2.45) is 0 Å². The molecule has 1 aromatic heterocycles. The molecule has 2 aromatic rings. The molecule has 6 heteroatoms. The highest BCUT2D eigenvalue weighted by atomic mass is 19.1. The van der Waals surface area contributed by atoms with Gasteiger partial charge in [0.05, 0.1) is 0 Å². The summed E-state index contributed by atoms with van der Waals surface area (Å²) >= 11 is 0. The third kappa shape index (κ3) is 3.75. The number of carbonyl (C=O) groups is 1. The van der Waals surface area contributed by atoms with Crippen molar-refractivity contribution in [2.75, 3.05) is 7.05 Å². The first-order valence-electron chi connectivity index (χ1n) is 6.31. The van der Waals surface area contributed by atoms with Crippen LogP contribution in [0.1, 0.15) is 5.56 Å². The number of rotatable bonds is 4. The molecule has 4 nitrogen and oxygen atoms in total. The fourth-order valence-electron chi connectivity index (χ4n) is 1.85. The number of nitrogens with zero attached hydrogens (tertiary/aromatic N) is 2. The number of aromatic nitrogens is 1. The van der Waals surface area contributed by atoms with Crippen LogP contribution in [0.4, 0.5) is 8.78 Å². The first-order chi connectivity index (χ1) is 9.97. The maximum atomic E-state index is 13.5. The quantitative estimate of drug-likeness (QED) is 0.862. The lowest BCUT2D eigenvalue weighted by molar-refractivity contribution is -0.131. The highest BCUT2D eigenvalue weighted by molar-refractivity contribution is 5.75. The van der Waals surface area contributed by atoms with Gasteiger partial charge in [-0.1, -0.05) is 12.1 Å². The summed E-state index contributed by atoms with van der Waals surface area (Å²) < 4.78 is 27.6. The Morgan fingerprint density at radius 2 is 2.00 bits per heavy atom. The summed E-state index contributed by atoms with van der Waals surface area (Å²) in [5.41, 5.74) is -0.0696. The minimum Gasteiger partial charge on any atom is -0.340 e. The van der Waals surface area contributed by atoms with E-state index in [1.807, 2.05) is 0 Å². The Kier molecular flexibility index (Phi) is 4.47. The normalized spacial score (nSPS) is 10.4. The van der Waals surface area contributed by atoms with Gasteiger partial charge in [0.25, 0.3) is 5.56 Å². The van der Waals surface area contributed by atoms with E-state index in [2.05, 4.69) is 0 Å². The fraction of sp³-hybridized carbons (Fsp3) is 0.200. The van der Waals surface area contributed by atoms with Crippen LogP contribution >= 0.6 is 0 Å². The first-order valence-corrected chi connectivity index (χ1v) is 6.31. The molecule has 0 spiro atoms. The van der Waals surface area contributed by atoms with E-state index < -0.39 is 11.6 Å². The molecule has 0 bridgehead atoms. The second-order valence-electron chi connectivity index (χ2n) is 4.65. The van der Waals surface area contributed by atoms with Crippen LogP contribution in [0.5, 0.6) is 0 Å². The molecule has 0 saturated heterocycles. The Morgan fingerprint density at radius 3 is 2.67 bits per heavy atom. The van der Waals surface area contributed by atoms with Gasteiger partial charge in [0.15, 0.2) is 0 Å². The molecule has 0 atom stereocenters. The lowest BCUT2D eigenvalue weighted by Gasteiger charge is -2.18. The summed E-state index contributed by atoms with van der Waals surface area (Å²) in [5, 5.41) is 0. The van der Waals surface area contributed by atoms with E-state index in [-0.39, 0.29) is 30.1 Å². The van der Waals surface area contributed by atoms with Crippen LogP contribution in [-0.4, -0.2) is 22.4 Å². The number of hydrogen-bond donors (Lipinski definition) is 0. The first kappa shape index (κ1) is 14.9. The summed E-state index contributed by atoms with van der Waals surface area (Å²) in [6.45, 7) is -0.120. The van der Waals surface area contributed by atoms with Crippen molar-refractivity contribution in [2.45, 2.75) is 13.1 Å². The molecule has 2 rings (SSSR count). The van der Waals surface area contributed by atoms with Crippen LogP contribution < -0.4 is 5.56 Å². The summed E-state index contributed by atoms with van der Waals surface area (Å²) in [4.78, 5) is 24.8. The summed E-state index contributed by atoms with van der Waals surface area (Å²) in [6.07, 6.45) is 1.51. The Labute approximate surface area is 120 Å². The van der Waals surface area contributed by atoms with Crippen molar-refractivity contribution >= 4 is 5.91 Å². The van der Waals surface area contributed by atoms with E-state index in [1.165, 1.54) is 34.8 Å². The van der Waals surface area contributed by atoms with Crippen molar-refractivity contribution in [1.29, 1.82) is 0 Å². The third-order valence-corrected chi connectivity index (χ3v) is 3.05. The average Bonchev–Trinajstić information content (AvgIpc) is 2.44. The number of pyridine rings is 1. The number of likely N-dealkylation sites (N-methyl/N-ethyl adjacent to an activating group) is 1. The zero-order chi connectivity index (χ0) is 15.4. The Balaban J connectivity index is 2.06. The van der Waals surface area contributed by atoms with Crippen molar-refractivity contribution in [1.82, 2.24) is 9.47 Å². The Bertz CT molecular complexity index is 713. The SMILES string of the molecule is CN(Cc1ccc(F)cc1F)C(=O)Cn1ccccc1=O. The van der Waals surface area contributed by atoms with Crippen molar-refractivity contribution in [3.05, 3.63) is 70.1 Å². The minimum absolute atomic E-state index is 0.00648. The molecule has 0 fully saturated rings. The molecule has 0 aliphatic rings. The van der Waals surface area contributed by atoms with Crippen LogP contribution in [0, 0.1) is 11.6 Å². The van der Waals surface area contributed by atoms with E-state index in [0.717, 1.165) is 12.1 Å². The van der Waals surface area contributed by atoms with Gasteiger partial charge in [0, 0.05) is 37.5 Å². The van der Waals surface area contributed by atoms with E-state index in [0.29, 0.717) is 0 Å². The van der Waals surface area contributed by atoms with Crippen LogP contribution in [0.15, 0.2) is 47.4 Å². The molecule has 1 amide bonds. The van der Waals surface area contributed by atoms with Crippen LogP contribution in [0.3, 0.4) is 0 Å². The number of hydrogen-bond acceptors (Lipinski definition) is 2. The molecule has 0 aliphatic heterocycles. The van der Waals surface area contributed by atoms with E-state index in [1.54, 1.807) is 12.1 Å². The van der Waals surface area contributed by atoms with Crippen LogP contribution in [-0.2, 0) is 17.9 Å². The van der Waals surface area contributed by atoms with Gasteiger partial charge < -0.3 is 9.47 Å². The van der Waals surface area contributed by atoms with E-state index in [4.69, 9.17) is 0 Å². The lowest BCUT2D eigenvalue weighted by atomic mass is 10.2. The standard InChI is InChI=1S/C15H14F2N2O2/c1-18(9-11-5-6-12(16)8-13(11)17)15(21)10-19-7-3-2-4-14(19)20/h2-8H,9-10H2,1H3. The molecule has 21 heavy (non-hydrogen) atoms. The topological polar surface area (TPSA) is 42.3 Å². The number of benzene rings is 1. The lowest BCUT2D eigenvalue weighted by Crippen LogP contribution is -2.33. The molecule has 110 valence electrons. The molecule has 1 aromatic carbocycles. The Hall–Kier alpha value is -2.50. The molecule has 0 unspecified atom stereocenters. The zero-order valence-electron chi connectivity index (χ0n) is 11.4. The van der Waals surface area contributed by atoms with Crippen LogP contribution in [0.2, 0.25) is 0 Å². The Morgan fingerprint density at radius 1 is 1.24 bits per heavy atom. The zero-order valence-corrected chi connectivity index (χ0v) is 11.4. The van der Waals surface area contributed by atoms with Gasteiger partial charge in [0.1, 0.15) is 18.2 Å². The summed E-state index contributed by atoms with van der Waals surface area (Å²) in [5.74, 6) is -1.71. The molecular formula is C15H14F2N2O2. The van der Waals surface area contributed by atoms with E-state index >= 15 is 0 Å². The highest BCUT2D eigenvalue weighted by Gasteiger charge is 2.13. The number of halogens is 2. The van der Waals surface area contributed by atoms with Gasteiger partial charge >= 0.3 is 0 Å². The average molecular weight is 292 g/mol. The maximum Gasteiger partial charge on any atom is 0.250 e. The van der Waals surface area contributed by atoms with Crippen LogP contribution in [0.25, 0.3) is 0 Å². The molecule has 1 heterocycles. The van der Waals surface area contributed by atoms with Crippen molar-refractivity contribution in [3.63, 3.8) is 0 Å². The third-order valence-electron chi connectivity index (χ3n) is 3.05. The summed E-state index contributed by atoms with van der Waals surface area (Å²) in [6, 6.07) is 7.79. The predicted octanol–water partition coefficient (Wildman–Crippen LogP) is 1.79. The van der Waals surface area contributed by atoms with Gasteiger partial charge in [-0.25, -0.2) is 8.78 Å². The summed E-state index contributed by atoms with van der Waals surface area (Å²) in [7, 11) is 1.50. The minimum atomic E-state index is -0.702. The number of amides is 1. The largest absolute Gasteiger partial charge is 0.340 e. The maximum absolute atomic E-state index is 13.5. The molecule has 0 radical (unpaired) electrons. The second-order valence-corrected chi connectivity index (χ2v) is 4.65. The van der Waals surface area contributed by atoms with Crippen molar-refractivity contribution < 1.29 is 13.6 Å².